The van der Waals surface area contributed by atoms with Crippen molar-refractivity contribution in [1.29, 1.82) is 0 Å². The predicted molar refractivity (Wildman–Crippen MR) is 60.0 cm³/mol. The minimum atomic E-state index is 0. The molecule has 0 radical (unpaired) electrons. The minimum absolute atomic E-state index is 0. The average Bonchev–Trinajstić information content (AvgIpc) is 2.21. The van der Waals surface area contributed by atoms with Gasteiger partial charge in [-0.05, 0) is 0 Å². The van der Waals surface area contributed by atoms with E-state index in [9.17, 15) is 0 Å². The van der Waals surface area contributed by atoms with Crippen molar-refractivity contribution in [2.24, 2.45) is 0 Å². The van der Waals surface area contributed by atoms with Gasteiger partial charge in [-0.3, -0.25) is 0 Å². The van der Waals surface area contributed by atoms with Crippen LogP contribution in [0.1, 0.15) is 11.1 Å². The molecule has 1 heteroatoms. The Morgan fingerprint density at radius 2 is 0.933 bits per heavy atom. The van der Waals surface area contributed by atoms with E-state index in [2.05, 4.69) is 26.0 Å². The van der Waals surface area contributed by atoms with Crippen LogP contribution in [0.15, 0.2) is 48.5 Å². The number of hydrogen-bond donors (Lipinski definition) is 0. The molecule has 0 heterocycles. The molecule has 2 aromatic carbocycles. The van der Waals surface area contributed by atoms with Gasteiger partial charge in [0, 0.05) is 0 Å². The molecule has 0 spiro atoms. The number of benzene rings is 2. The number of aryl methyl sites for hydroxylation is 2. The van der Waals surface area contributed by atoms with Crippen molar-refractivity contribution >= 4 is 0 Å². The third kappa shape index (κ3) is 7.10. The van der Waals surface area contributed by atoms with Gasteiger partial charge in [0.05, 0.1) is 0 Å². The molecule has 0 N–H and O–H groups in total. The van der Waals surface area contributed by atoms with E-state index >= 15 is 0 Å². The summed E-state index contributed by atoms with van der Waals surface area (Å²) < 4.78 is 0. The van der Waals surface area contributed by atoms with Crippen molar-refractivity contribution in [3.8, 4) is 0 Å². The Balaban J connectivity index is 0.000000245. The third-order valence-corrected chi connectivity index (χ3v) is 1.77. The Morgan fingerprint density at radius 3 is 1.07 bits per heavy atom. The van der Waals surface area contributed by atoms with Crippen LogP contribution in [0, 0.1) is 26.0 Å². The first-order valence-corrected chi connectivity index (χ1v) is 4.64. The van der Waals surface area contributed by atoms with Crippen molar-refractivity contribution in [2.75, 3.05) is 0 Å². The molecular weight excluding hydrogens is 363 g/mol. The van der Waals surface area contributed by atoms with Crippen molar-refractivity contribution in [1.82, 2.24) is 0 Å². The number of hydrogen-bond acceptors (Lipinski definition) is 0. The Hall–Kier alpha value is -0.872. The summed E-state index contributed by atoms with van der Waals surface area (Å²) in [5.74, 6) is 0. The smallest absolute Gasteiger partial charge is 0.184 e. The van der Waals surface area contributed by atoms with Crippen molar-refractivity contribution in [3.63, 3.8) is 0 Å². The molecule has 0 amide bonds. The van der Waals surface area contributed by atoms with E-state index in [1.165, 1.54) is 11.1 Å². The first kappa shape index (κ1) is 14.1. The summed E-state index contributed by atoms with van der Waals surface area (Å²) in [5, 5.41) is 0. The van der Waals surface area contributed by atoms with Gasteiger partial charge in [-0.15, -0.1) is 0 Å². The molecule has 0 unspecified atom stereocenters. The fourth-order valence-corrected chi connectivity index (χ4v) is 0.940. The first-order valence-electron chi connectivity index (χ1n) is 4.64. The fraction of sp³-hybridized carbons (Fsp3) is 0.143. The topological polar surface area (TPSA) is 0 Å². The van der Waals surface area contributed by atoms with Gasteiger partial charge in [-0.1, -0.05) is 13.8 Å². The van der Waals surface area contributed by atoms with Crippen LogP contribution < -0.4 is 0 Å². The zero-order valence-electron chi connectivity index (χ0n) is 8.94. The zero-order chi connectivity index (χ0) is 10.2. The van der Waals surface area contributed by atoms with Crippen LogP contribution >= 0.6 is 0 Å². The van der Waals surface area contributed by atoms with E-state index in [1.807, 2.05) is 48.5 Å². The second-order valence-corrected chi connectivity index (χ2v) is 3.15. The molecule has 0 bridgehead atoms. The third-order valence-electron chi connectivity index (χ3n) is 1.77. The second kappa shape index (κ2) is 8.44. The Morgan fingerprint density at radius 1 is 0.667 bits per heavy atom. The Bertz CT molecular complexity index is 303. The van der Waals surface area contributed by atoms with Crippen LogP contribution in [-0.2, 0) is 21.1 Å². The molecule has 0 saturated carbocycles. The van der Waals surface area contributed by atoms with Crippen LogP contribution in [0.3, 0.4) is 0 Å². The molecule has 15 heavy (non-hydrogen) atoms. The monoisotopic (exact) mass is 377 g/mol. The second-order valence-electron chi connectivity index (χ2n) is 3.15. The molecule has 0 atom stereocenters. The van der Waals surface area contributed by atoms with Gasteiger partial charge in [0.15, 0.2) is 0 Å². The molecule has 0 fully saturated rings. The summed E-state index contributed by atoms with van der Waals surface area (Å²) in [5.41, 5.74) is 2.58. The normalized spacial score (nSPS) is 8.13. The van der Waals surface area contributed by atoms with Gasteiger partial charge in [0.25, 0.3) is 0 Å². The quantitative estimate of drug-likeness (QED) is 0.616. The summed E-state index contributed by atoms with van der Waals surface area (Å²) in [6.45, 7) is 4.13. The molecule has 0 nitrogen and oxygen atoms in total. The van der Waals surface area contributed by atoms with Gasteiger partial charge in [0.1, 0.15) is 0 Å². The maximum Gasteiger partial charge on any atom is 2.00 e. The summed E-state index contributed by atoms with van der Waals surface area (Å²) >= 11 is 0. The molecule has 0 aliphatic heterocycles. The maximum absolute atomic E-state index is 2.93. The molecule has 2 aromatic rings. The minimum Gasteiger partial charge on any atom is -0.184 e. The zero-order valence-corrected chi connectivity index (χ0v) is 11.2. The molecule has 0 aliphatic rings. The van der Waals surface area contributed by atoms with E-state index in [-0.39, 0.29) is 21.1 Å². The van der Waals surface area contributed by atoms with E-state index in [1.54, 1.807) is 0 Å². The summed E-state index contributed by atoms with van der Waals surface area (Å²) in [6, 6.07) is 21.6. The molecular formula is C14H14Pt. The van der Waals surface area contributed by atoms with Gasteiger partial charge in [-0.25, -0.2) is 0 Å². The van der Waals surface area contributed by atoms with E-state index in [0.29, 0.717) is 0 Å². The van der Waals surface area contributed by atoms with Crippen molar-refractivity contribution < 1.29 is 21.1 Å². The van der Waals surface area contributed by atoms with Crippen molar-refractivity contribution in [2.45, 2.75) is 13.8 Å². The summed E-state index contributed by atoms with van der Waals surface area (Å²) in [7, 11) is 0. The molecule has 80 valence electrons. The molecule has 0 aliphatic carbocycles. The average molecular weight is 377 g/mol. The predicted octanol–water partition coefficient (Wildman–Crippen LogP) is 3.59. The van der Waals surface area contributed by atoms with E-state index in [0.717, 1.165) is 0 Å². The fourth-order valence-electron chi connectivity index (χ4n) is 0.940. The van der Waals surface area contributed by atoms with Gasteiger partial charge < -0.3 is 0 Å². The van der Waals surface area contributed by atoms with Crippen LogP contribution in [0.4, 0.5) is 0 Å². The van der Waals surface area contributed by atoms with E-state index in [4.69, 9.17) is 0 Å². The van der Waals surface area contributed by atoms with E-state index < -0.39 is 0 Å². The van der Waals surface area contributed by atoms with Crippen LogP contribution in [-0.4, -0.2) is 0 Å². The summed E-state index contributed by atoms with van der Waals surface area (Å²) in [6.07, 6.45) is 0. The van der Waals surface area contributed by atoms with Crippen LogP contribution in [0.2, 0.25) is 0 Å². The molecule has 0 saturated heterocycles. The Labute approximate surface area is 107 Å². The van der Waals surface area contributed by atoms with Gasteiger partial charge >= 0.3 is 21.1 Å². The SMILES string of the molecule is Cc1cc[c-]cc1.Cc1cc[c-]cc1.[Pt+2]. The van der Waals surface area contributed by atoms with Gasteiger partial charge in [-0.2, -0.15) is 71.8 Å². The van der Waals surface area contributed by atoms with Crippen LogP contribution in [0.25, 0.3) is 0 Å². The molecule has 0 aromatic heterocycles. The van der Waals surface area contributed by atoms with Crippen LogP contribution in [0.5, 0.6) is 0 Å². The standard InChI is InChI=1S/2C7H7.Pt/c2*1-7-5-3-2-4-6-7;/h2*3-6H,1H3;/q2*-1;+2. The molecule has 2 rings (SSSR count). The maximum atomic E-state index is 2.93. The van der Waals surface area contributed by atoms with Crippen molar-refractivity contribution in [3.05, 3.63) is 71.8 Å². The first-order chi connectivity index (χ1) is 6.79. The Kier molecular flexibility index (Phi) is 7.95. The van der Waals surface area contributed by atoms with Gasteiger partial charge in [0.2, 0.25) is 0 Å². The largest absolute Gasteiger partial charge is 2.00 e. The summed E-state index contributed by atoms with van der Waals surface area (Å²) in [4.78, 5) is 0. The number of rotatable bonds is 0.